The predicted octanol–water partition coefficient (Wildman–Crippen LogP) is 4.89. The molecule has 4 rings (SSSR count). The van der Waals surface area contributed by atoms with Gasteiger partial charge in [-0.1, -0.05) is 30.3 Å². The van der Waals surface area contributed by atoms with E-state index in [0.717, 1.165) is 47.7 Å². The molecule has 3 aromatic carbocycles. The topological polar surface area (TPSA) is 74.6 Å². The fraction of sp³-hybridized carbons (Fsp3) is 0.286. The summed E-state index contributed by atoms with van der Waals surface area (Å²) in [6, 6.07) is 23.0. The van der Waals surface area contributed by atoms with Crippen molar-refractivity contribution in [2.45, 2.75) is 25.8 Å². The van der Waals surface area contributed by atoms with Crippen LogP contribution in [-0.4, -0.2) is 42.8 Å². The Bertz CT molecular complexity index is 1270. The number of hydrogen-bond acceptors (Lipinski definition) is 5. The van der Waals surface area contributed by atoms with E-state index in [1.54, 1.807) is 26.4 Å². The van der Waals surface area contributed by atoms with Crippen molar-refractivity contribution < 1.29 is 19.0 Å². The van der Waals surface area contributed by atoms with Crippen molar-refractivity contribution >= 4 is 16.9 Å². The van der Waals surface area contributed by atoms with Crippen molar-refractivity contribution in [1.82, 2.24) is 14.9 Å². The van der Waals surface area contributed by atoms with Crippen LogP contribution in [0.5, 0.6) is 17.2 Å². The Morgan fingerprint density at radius 1 is 0.914 bits per heavy atom. The Morgan fingerprint density at radius 2 is 1.71 bits per heavy atom. The molecule has 1 aromatic heterocycles. The monoisotopic (exact) mass is 473 g/mol. The number of carbonyl (C=O) groups is 1. The predicted molar refractivity (Wildman–Crippen MR) is 136 cm³/mol. The van der Waals surface area contributed by atoms with Gasteiger partial charge in [-0.15, -0.1) is 0 Å². The molecule has 0 atom stereocenters. The standard InChI is InChI=1S/C28H31N3O4/c1-33-21-10-9-11-22(20-21)35-19-8-7-18-31-25-14-5-4-13-24(25)30-27(31)16-17-29-28(32)23-12-3-6-15-26(23)34-2/h3-6,9-15,20H,7-8,16-19H2,1-2H3,(H,29,32). The number of benzene rings is 3. The number of aryl methyl sites for hydroxylation is 1. The van der Waals surface area contributed by atoms with Crippen molar-refractivity contribution in [3.05, 3.63) is 84.2 Å². The summed E-state index contributed by atoms with van der Waals surface area (Å²) in [5.74, 6) is 2.96. The number of amides is 1. The number of unbranched alkanes of at least 4 members (excludes halogenated alkanes) is 1. The quantitative estimate of drug-likeness (QED) is 0.297. The van der Waals surface area contributed by atoms with E-state index in [4.69, 9.17) is 19.2 Å². The lowest BCUT2D eigenvalue weighted by molar-refractivity contribution is 0.0951. The average molecular weight is 474 g/mol. The molecule has 1 heterocycles. The second kappa shape index (κ2) is 11.9. The number of nitrogens with one attached hydrogen (secondary N) is 1. The highest BCUT2D eigenvalue weighted by molar-refractivity contribution is 5.96. The van der Waals surface area contributed by atoms with Crippen LogP contribution in [0.15, 0.2) is 72.8 Å². The summed E-state index contributed by atoms with van der Waals surface area (Å²) in [5.41, 5.74) is 2.60. The highest BCUT2D eigenvalue weighted by Gasteiger charge is 2.13. The Hall–Kier alpha value is -4.00. The number of fused-ring (bicyclic) bond motifs is 1. The van der Waals surface area contributed by atoms with Gasteiger partial charge in [-0.2, -0.15) is 0 Å². The van der Waals surface area contributed by atoms with Gasteiger partial charge in [0.15, 0.2) is 0 Å². The molecular weight excluding hydrogens is 442 g/mol. The number of ether oxygens (including phenoxy) is 3. The third kappa shape index (κ3) is 6.12. The summed E-state index contributed by atoms with van der Waals surface area (Å²) in [4.78, 5) is 17.5. The zero-order valence-electron chi connectivity index (χ0n) is 20.2. The summed E-state index contributed by atoms with van der Waals surface area (Å²) < 4.78 is 18.7. The van der Waals surface area contributed by atoms with Gasteiger partial charge in [0.1, 0.15) is 23.1 Å². The van der Waals surface area contributed by atoms with Crippen molar-refractivity contribution in [3.8, 4) is 17.2 Å². The largest absolute Gasteiger partial charge is 0.497 e. The van der Waals surface area contributed by atoms with E-state index in [1.165, 1.54) is 0 Å². The molecule has 0 radical (unpaired) electrons. The minimum atomic E-state index is -0.153. The lowest BCUT2D eigenvalue weighted by atomic mass is 10.2. The Labute approximate surface area is 205 Å². The normalized spacial score (nSPS) is 10.8. The Balaban J connectivity index is 1.34. The van der Waals surface area contributed by atoms with E-state index in [1.807, 2.05) is 54.6 Å². The molecular formula is C28H31N3O4. The third-order valence-electron chi connectivity index (χ3n) is 5.81. The van der Waals surface area contributed by atoms with Crippen LogP contribution in [-0.2, 0) is 13.0 Å². The molecule has 182 valence electrons. The van der Waals surface area contributed by atoms with Crippen molar-refractivity contribution in [1.29, 1.82) is 0 Å². The number of carbonyl (C=O) groups excluding carboxylic acids is 1. The van der Waals surface area contributed by atoms with Gasteiger partial charge in [-0.25, -0.2) is 4.98 Å². The number of nitrogens with zero attached hydrogens (tertiary/aromatic N) is 2. The van der Waals surface area contributed by atoms with Crippen LogP contribution in [0.25, 0.3) is 11.0 Å². The van der Waals surface area contributed by atoms with Gasteiger partial charge in [0, 0.05) is 25.6 Å². The highest BCUT2D eigenvalue weighted by Crippen LogP contribution is 2.20. The molecule has 7 nitrogen and oxygen atoms in total. The molecule has 0 spiro atoms. The van der Waals surface area contributed by atoms with E-state index in [0.29, 0.717) is 30.9 Å². The van der Waals surface area contributed by atoms with E-state index < -0.39 is 0 Å². The highest BCUT2D eigenvalue weighted by atomic mass is 16.5. The number of methoxy groups -OCH3 is 2. The fourth-order valence-corrected chi connectivity index (χ4v) is 4.03. The molecule has 0 aliphatic rings. The van der Waals surface area contributed by atoms with E-state index in [2.05, 4.69) is 16.0 Å². The van der Waals surface area contributed by atoms with E-state index in [-0.39, 0.29) is 5.91 Å². The lowest BCUT2D eigenvalue weighted by Crippen LogP contribution is -2.27. The van der Waals surface area contributed by atoms with Crippen molar-refractivity contribution in [3.63, 3.8) is 0 Å². The number of imidazole rings is 1. The first-order chi connectivity index (χ1) is 17.2. The van der Waals surface area contributed by atoms with Crippen molar-refractivity contribution in [2.24, 2.45) is 0 Å². The van der Waals surface area contributed by atoms with Crippen LogP contribution in [0.4, 0.5) is 0 Å². The molecule has 0 saturated carbocycles. The first kappa shape index (κ1) is 24.1. The first-order valence-electron chi connectivity index (χ1n) is 11.8. The van der Waals surface area contributed by atoms with Gasteiger partial charge < -0.3 is 24.1 Å². The Kier molecular flexibility index (Phi) is 8.22. The second-order valence-electron chi connectivity index (χ2n) is 8.11. The molecule has 35 heavy (non-hydrogen) atoms. The van der Waals surface area contributed by atoms with E-state index >= 15 is 0 Å². The molecule has 0 saturated heterocycles. The Morgan fingerprint density at radius 3 is 2.57 bits per heavy atom. The number of hydrogen-bond donors (Lipinski definition) is 1. The molecule has 0 unspecified atom stereocenters. The van der Waals surface area contributed by atoms with Gasteiger partial charge >= 0.3 is 0 Å². The van der Waals surface area contributed by atoms with Gasteiger partial charge in [0.25, 0.3) is 5.91 Å². The zero-order chi connectivity index (χ0) is 24.5. The molecule has 7 heteroatoms. The molecule has 0 fully saturated rings. The smallest absolute Gasteiger partial charge is 0.255 e. The minimum absolute atomic E-state index is 0.153. The molecule has 0 bridgehead atoms. The number of rotatable bonds is 12. The zero-order valence-corrected chi connectivity index (χ0v) is 20.2. The molecule has 1 amide bonds. The van der Waals surface area contributed by atoms with Crippen molar-refractivity contribution in [2.75, 3.05) is 27.4 Å². The lowest BCUT2D eigenvalue weighted by Gasteiger charge is -2.12. The average Bonchev–Trinajstić information content (AvgIpc) is 3.25. The summed E-state index contributed by atoms with van der Waals surface area (Å²) in [5, 5.41) is 3.00. The van der Waals surface area contributed by atoms with Crippen LogP contribution in [0.1, 0.15) is 29.0 Å². The maximum Gasteiger partial charge on any atom is 0.255 e. The maximum atomic E-state index is 12.6. The summed E-state index contributed by atoms with van der Waals surface area (Å²) in [6.07, 6.45) is 2.49. The summed E-state index contributed by atoms with van der Waals surface area (Å²) >= 11 is 0. The summed E-state index contributed by atoms with van der Waals surface area (Å²) in [6.45, 7) is 1.95. The second-order valence-corrected chi connectivity index (χ2v) is 8.11. The number of aromatic nitrogens is 2. The first-order valence-corrected chi connectivity index (χ1v) is 11.8. The number of para-hydroxylation sites is 3. The molecule has 4 aromatic rings. The van der Waals surface area contributed by atoms with Gasteiger partial charge in [0.05, 0.1) is 37.4 Å². The molecule has 1 N–H and O–H groups in total. The van der Waals surface area contributed by atoms with Crippen LogP contribution in [0.2, 0.25) is 0 Å². The minimum Gasteiger partial charge on any atom is -0.497 e. The van der Waals surface area contributed by atoms with Gasteiger partial charge in [0.2, 0.25) is 0 Å². The van der Waals surface area contributed by atoms with Crippen LogP contribution < -0.4 is 19.5 Å². The van der Waals surface area contributed by atoms with Crippen LogP contribution >= 0.6 is 0 Å². The van der Waals surface area contributed by atoms with Crippen LogP contribution in [0, 0.1) is 0 Å². The third-order valence-corrected chi connectivity index (χ3v) is 5.81. The summed E-state index contributed by atoms with van der Waals surface area (Å²) in [7, 11) is 3.21. The maximum absolute atomic E-state index is 12.6. The fourth-order valence-electron chi connectivity index (χ4n) is 4.03. The van der Waals surface area contributed by atoms with Crippen LogP contribution in [0.3, 0.4) is 0 Å². The van der Waals surface area contributed by atoms with Gasteiger partial charge in [-0.3, -0.25) is 4.79 Å². The molecule has 0 aliphatic carbocycles. The SMILES string of the molecule is COc1cccc(OCCCCn2c(CCNC(=O)c3ccccc3OC)nc3ccccc32)c1. The van der Waals surface area contributed by atoms with Gasteiger partial charge in [-0.05, 0) is 49.2 Å². The molecule has 0 aliphatic heterocycles. The van der Waals surface area contributed by atoms with E-state index in [9.17, 15) is 4.79 Å².